The Morgan fingerprint density at radius 2 is 2.16 bits per heavy atom. The Morgan fingerprint density at radius 1 is 1.40 bits per heavy atom. The van der Waals surface area contributed by atoms with Crippen molar-refractivity contribution in [3.05, 3.63) is 24.0 Å². The molecule has 3 N–H and O–H groups in total. The van der Waals surface area contributed by atoms with Crippen molar-refractivity contribution >= 4 is 28.6 Å². The standard InChI is InChI=1S/C15H15F3N4O3/c16-15(17,18)14-20-9-4-3-8(6-10(9)21-14)19-12(23)7-22-5-1-2-11(22)13(24)25/h3-4,6,11H,1-2,5,7H2,(H,19,23)(H,20,21)(H,24,25). The monoisotopic (exact) mass is 356 g/mol. The molecule has 25 heavy (non-hydrogen) atoms. The Kier molecular flexibility index (Phi) is 4.38. The van der Waals surface area contributed by atoms with Gasteiger partial charge < -0.3 is 15.4 Å². The first-order chi connectivity index (χ1) is 11.7. The minimum atomic E-state index is -4.58. The van der Waals surface area contributed by atoms with E-state index in [9.17, 15) is 22.8 Å². The molecule has 7 nitrogen and oxygen atoms in total. The third kappa shape index (κ3) is 3.73. The highest BCUT2D eigenvalue weighted by molar-refractivity contribution is 5.94. The predicted octanol–water partition coefficient (Wildman–Crippen LogP) is 2.07. The van der Waals surface area contributed by atoms with Crippen molar-refractivity contribution in [3.63, 3.8) is 0 Å². The number of imidazole rings is 1. The number of halogens is 3. The van der Waals surface area contributed by atoms with E-state index in [1.165, 1.54) is 18.2 Å². The maximum atomic E-state index is 12.6. The van der Waals surface area contributed by atoms with Crippen LogP contribution in [0.5, 0.6) is 0 Å². The number of fused-ring (bicyclic) bond motifs is 1. The maximum Gasteiger partial charge on any atom is 0.449 e. The Hall–Kier alpha value is -2.62. The van der Waals surface area contributed by atoms with E-state index < -0.39 is 29.9 Å². The summed E-state index contributed by atoms with van der Waals surface area (Å²) in [6.07, 6.45) is -3.39. The van der Waals surface area contributed by atoms with Crippen LogP contribution in [0.25, 0.3) is 11.0 Å². The normalized spacial score (nSPS) is 18.6. The van der Waals surface area contributed by atoms with Gasteiger partial charge in [0.15, 0.2) is 0 Å². The SMILES string of the molecule is O=C(CN1CCCC1C(=O)O)Nc1ccc2nc(C(F)(F)F)[nH]c2c1. The number of likely N-dealkylation sites (tertiary alicyclic amines) is 1. The molecule has 1 amide bonds. The molecule has 1 fully saturated rings. The molecule has 1 saturated heterocycles. The summed E-state index contributed by atoms with van der Waals surface area (Å²) in [6.45, 7) is 0.421. The Balaban J connectivity index is 1.70. The number of amides is 1. The van der Waals surface area contributed by atoms with Crippen LogP contribution in [-0.2, 0) is 15.8 Å². The first-order valence-electron chi connectivity index (χ1n) is 7.58. The highest BCUT2D eigenvalue weighted by Gasteiger charge is 2.35. The van der Waals surface area contributed by atoms with Crippen molar-refractivity contribution in [3.8, 4) is 0 Å². The average molecular weight is 356 g/mol. The van der Waals surface area contributed by atoms with Gasteiger partial charge in [-0.25, -0.2) is 4.98 Å². The fraction of sp³-hybridized carbons (Fsp3) is 0.400. The molecule has 1 atom stereocenters. The van der Waals surface area contributed by atoms with E-state index in [0.29, 0.717) is 25.1 Å². The summed E-state index contributed by atoms with van der Waals surface area (Å²) in [6, 6.07) is 3.48. The van der Waals surface area contributed by atoms with Crippen molar-refractivity contribution in [2.24, 2.45) is 0 Å². The summed E-state index contributed by atoms with van der Waals surface area (Å²) in [5, 5.41) is 11.7. The van der Waals surface area contributed by atoms with Gasteiger partial charge in [0, 0.05) is 5.69 Å². The number of alkyl halides is 3. The Morgan fingerprint density at radius 3 is 2.84 bits per heavy atom. The minimum Gasteiger partial charge on any atom is -0.480 e. The molecular weight excluding hydrogens is 341 g/mol. The second-order valence-electron chi connectivity index (χ2n) is 5.83. The lowest BCUT2D eigenvalue weighted by Crippen LogP contribution is -2.40. The summed E-state index contributed by atoms with van der Waals surface area (Å²) in [5.74, 6) is -2.50. The average Bonchev–Trinajstić information content (AvgIpc) is 3.12. The van der Waals surface area contributed by atoms with Gasteiger partial charge in [-0.1, -0.05) is 0 Å². The lowest BCUT2D eigenvalue weighted by atomic mass is 10.2. The lowest BCUT2D eigenvalue weighted by molar-refractivity contribution is -0.144. The van der Waals surface area contributed by atoms with Crippen LogP contribution in [0.1, 0.15) is 18.7 Å². The predicted molar refractivity (Wildman–Crippen MR) is 82.0 cm³/mol. The molecule has 0 radical (unpaired) electrons. The first kappa shape index (κ1) is 17.2. The number of carbonyl (C=O) groups is 2. The molecule has 1 aliphatic rings. The Bertz CT molecular complexity index is 818. The van der Waals surface area contributed by atoms with Gasteiger partial charge in [-0.2, -0.15) is 13.2 Å². The number of nitrogens with zero attached hydrogens (tertiary/aromatic N) is 2. The van der Waals surface area contributed by atoms with E-state index in [1.807, 2.05) is 0 Å². The zero-order chi connectivity index (χ0) is 18.2. The van der Waals surface area contributed by atoms with Gasteiger partial charge in [-0.05, 0) is 37.6 Å². The summed E-state index contributed by atoms with van der Waals surface area (Å²) in [5.41, 5.74) is 0.589. The van der Waals surface area contributed by atoms with Gasteiger partial charge in [0.25, 0.3) is 0 Å². The molecule has 0 bridgehead atoms. The molecule has 2 heterocycles. The number of anilines is 1. The molecule has 0 spiro atoms. The fourth-order valence-corrected chi connectivity index (χ4v) is 2.90. The van der Waals surface area contributed by atoms with Crippen LogP contribution < -0.4 is 5.32 Å². The highest BCUT2D eigenvalue weighted by atomic mass is 19.4. The largest absolute Gasteiger partial charge is 0.480 e. The number of carboxylic acids is 1. The summed E-state index contributed by atoms with van der Waals surface area (Å²) >= 11 is 0. The van der Waals surface area contributed by atoms with Crippen LogP contribution >= 0.6 is 0 Å². The molecule has 0 saturated carbocycles. The molecule has 0 aliphatic carbocycles. The Labute approximate surface area is 139 Å². The van der Waals surface area contributed by atoms with E-state index in [-0.39, 0.29) is 17.6 Å². The summed E-state index contributed by atoms with van der Waals surface area (Å²) < 4.78 is 37.9. The van der Waals surface area contributed by atoms with Crippen molar-refractivity contribution in [1.82, 2.24) is 14.9 Å². The van der Waals surface area contributed by atoms with Crippen molar-refractivity contribution < 1.29 is 27.9 Å². The summed E-state index contributed by atoms with van der Waals surface area (Å²) in [7, 11) is 0. The first-order valence-corrected chi connectivity index (χ1v) is 7.58. The number of carboxylic acid groups (broad SMARTS) is 1. The quantitative estimate of drug-likeness (QED) is 0.779. The molecule has 1 aliphatic heterocycles. The van der Waals surface area contributed by atoms with Gasteiger partial charge in [-0.15, -0.1) is 0 Å². The van der Waals surface area contributed by atoms with Crippen LogP contribution in [0.2, 0.25) is 0 Å². The van der Waals surface area contributed by atoms with Crippen LogP contribution in [-0.4, -0.2) is 51.0 Å². The maximum absolute atomic E-state index is 12.6. The smallest absolute Gasteiger partial charge is 0.449 e. The third-order valence-electron chi connectivity index (χ3n) is 4.03. The topological polar surface area (TPSA) is 98.3 Å². The van der Waals surface area contributed by atoms with Crippen molar-refractivity contribution in [1.29, 1.82) is 0 Å². The van der Waals surface area contributed by atoms with E-state index in [2.05, 4.69) is 15.3 Å². The number of benzene rings is 1. The zero-order valence-electron chi connectivity index (χ0n) is 12.9. The van der Waals surface area contributed by atoms with Gasteiger partial charge in [0.05, 0.1) is 17.6 Å². The van der Waals surface area contributed by atoms with E-state index in [4.69, 9.17) is 5.11 Å². The molecule has 10 heteroatoms. The van der Waals surface area contributed by atoms with Crippen LogP contribution in [0, 0.1) is 0 Å². The second-order valence-corrected chi connectivity index (χ2v) is 5.83. The molecular formula is C15H15F3N4O3. The van der Waals surface area contributed by atoms with Crippen molar-refractivity contribution in [2.45, 2.75) is 25.1 Å². The third-order valence-corrected chi connectivity index (χ3v) is 4.03. The number of rotatable bonds is 4. The second kappa shape index (κ2) is 6.36. The molecule has 1 aromatic carbocycles. The lowest BCUT2D eigenvalue weighted by Gasteiger charge is -2.20. The fourth-order valence-electron chi connectivity index (χ4n) is 2.90. The van der Waals surface area contributed by atoms with Gasteiger partial charge >= 0.3 is 12.1 Å². The number of carbonyl (C=O) groups excluding carboxylic acids is 1. The minimum absolute atomic E-state index is 0.0915. The van der Waals surface area contributed by atoms with Gasteiger partial charge in [-0.3, -0.25) is 14.5 Å². The summed E-state index contributed by atoms with van der Waals surface area (Å²) in [4.78, 5) is 30.4. The number of aliphatic carboxylic acids is 1. The highest BCUT2D eigenvalue weighted by Crippen LogP contribution is 2.29. The van der Waals surface area contributed by atoms with Crippen molar-refractivity contribution in [2.75, 3.05) is 18.4 Å². The molecule has 134 valence electrons. The van der Waals surface area contributed by atoms with Crippen LogP contribution in [0.15, 0.2) is 18.2 Å². The number of nitrogens with one attached hydrogen (secondary N) is 2. The number of aromatic amines is 1. The number of hydrogen-bond acceptors (Lipinski definition) is 4. The number of H-pyrrole nitrogens is 1. The van der Waals surface area contributed by atoms with E-state index >= 15 is 0 Å². The zero-order valence-corrected chi connectivity index (χ0v) is 12.9. The van der Waals surface area contributed by atoms with Crippen LogP contribution in [0.4, 0.5) is 18.9 Å². The molecule has 2 aromatic rings. The molecule has 3 rings (SSSR count). The number of hydrogen-bond donors (Lipinski definition) is 3. The molecule has 1 aromatic heterocycles. The molecule has 1 unspecified atom stereocenters. The van der Waals surface area contributed by atoms with E-state index in [1.54, 1.807) is 4.90 Å². The van der Waals surface area contributed by atoms with Gasteiger partial charge in [0.2, 0.25) is 11.7 Å². The van der Waals surface area contributed by atoms with E-state index in [0.717, 1.165) is 0 Å². The number of aromatic nitrogens is 2. The van der Waals surface area contributed by atoms with Gasteiger partial charge in [0.1, 0.15) is 6.04 Å². The van der Waals surface area contributed by atoms with Crippen LogP contribution in [0.3, 0.4) is 0 Å².